The number of hydrazine groups is 1. The minimum absolute atomic E-state index is 0.229. The Morgan fingerprint density at radius 1 is 1.77 bits per heavy atom. The molecular formula is C9H13BrN2S. The van der Waals surface area contributed by atoms with Crippen LogP contribution in [0.4, 0.5) is 0 Å². The van der Waals surface area contributed by atoms with E-state index in [1.54, 1.807) is 11.3 Å². The smallest absolute Gasteiger partial charge is 0.0567 e. The maximum absolute atomic E-state index is 5.48. The lowest BCUT2D eigenvalue weighted by molar-refractivity contribution is 0.527. The topological polar surface area (TPSA) is 38.0 Å². The van der Waals surface area contributed by atoms with E-state index in [4.69, 9.17) is 5.84 Å². The minimum Gasteiger partial charge on any atom is -0.271 e. The Labute approximate surface area is 90.9 Å². The van der Waals surface area contributed by atoms with Crippen LogP contribution in [0.3, 0.4) is 0 Å². The van der Waals surface area contributed by atoms with Gasteiger partial charge < -0.3 is 0 Å². The van der Waals surface area contributed by atoms with Gasteiger partial charge in [0.25, 0.3) is 0 Å². The normalized spacial score (nSPS) is 12.8. The molecule has 13 heavy (non-hydrogen) atoms. The standard InChI is InChI=1S/C9H13BrN2S/c1-2-3-4-8(12-11)9-7(10)5-6-13-9/h2,5-6,8,12H,1,3-4,11H2. The second-order valence-corrected chi connectivity index (χ2v) is 4.52. The molecule has 0 saturated carbocycles. The zero-order chi connectivity index (χ0) is 9.68. The Bertz CT molecular complexity index is 272. The number of nitrogens with one attached hydrogen (secondary N) is 1. The number of allylic oxidation sites excluding steroid dienone is 1. The first kappa shape index (κ1) is 10.9. The van der Waals surface area contributed by atoms with Gasteiger partial charge in [0.1, 0.15) is 0 Å². The molecule has 0 fully saturated rings. The van der Waals surface area contributed by atoms with Crippen molar-refractivity contribution in [3.8, 4) is 0 Å². The van der Waals surface area contributed by atoms with Crippen molar-refractivity contribution in [3.05, 3.63) is 33.5 Å². The van der Waals surface area contributed by atoms with Crippen molar-refractivity contribution in [2.45, 2.75) is 18.9 Å². The van der Waals surface area contributed by atoms with Gasteiger partial charge in [0.05, 0.1) is 6.04 Å². The summed E-state index contributed by atoms with van der Waals surface area (Å²) in [5.74, 6) is 5.48. The Morgan fingerprint density at radius 3 is 3.00 bits per heavy atom. The Morgan fingerprint density at radius 2 is 2.54 bits per heavy atom. The summed E-state index contributed by atoms with van der Waals surface area (Å²) < 4.78 is 1.13. The average Bonchev–Trinajstić information content (AvgIpc) is 2.54. The molecule has 0 aromatic carbocycles. The Hall–Kier alpha value is -0.160. The van der Waals surface area contributed by atoms with E-state index < -0.39 is 0 Å². The maximum atomic E-state index is 5.48. The monoisotopic (exact) mass is 260 g/mol. The maximum Gasteiger partial charge on any atom is 0.0567 e. The molecular weight excluding hydrogens is 248 g/mol. The number of hydrogen-bond acceptors (Lipinski definition) is 3. The van der Waals surface area contributed by atoms with Crippen LogP contribution in [0.2, 0.25) is 0 Å². The van der Waals surface area contributed by atoms with E-state index >= 15 is 0 Å². The highest BCUT2D eigenvalue weighted by Gasteiger charge is 2.12. The van der Waals surface area contributed by atoms with Crippen molar-refractivity contribution in [1.29, 1.82) is 0 Å². The molecule has 0 radical (unpaired) electrons. The highest BCUT2D eigenvalue weighted by molar-refractivity contribution is 9.10. The third-order valence-corrected chi connectivity index (χ3v) is 3.81. The van der Waals surface area contributed by atoms with Crippen LogP contribution in [0.5, 0.6) is 0 Å². The van der Waals surface area contributed by atoms with Gasteiger partial charge in [-0.2, -0.15) is 0 Å². The lowest BCUT2D eigenvalue weighted by Gasteiger charge is -2.13. The van der Waals surface area contributed by atoms with Gasteiger partial charge in [0.15, 0.2) is 0 Å². The fraction of sp³-hybridized carbons (Fsp3) is 0.333. The summed E-state index contributed by atoms with van der Waals surface area (Å²) in [7, 11) is 0. The predicted octanol–water partition coefficient (Wildman–Crippen LogP) is 2.98. The number of rotatable bonds is 5. The first-order valence-electron chi connectivity index (χ1n) is 4.09. The molecule has 1 heterocycles. The van der Waals surface area contributed by atoms with Crippen LogP contribution in [0.15, 0.2) is 28.6 Å². The quantitative estimate of drug-likeness (QED) is 0.486. The van der Waals surface area contributed by atoms with Crippen molar-refractivity contribution >= 4 is 27.3 Å². The summed E-state index contributed by atoms with van der Waals surface area (Å²) in [5.41, 5.74) is 2.81. The van der Waals surface area contributed by atoms with Crippen molar-refractivity contribution < 1.29 is 0 Å². The highest BCUT2D eigenvalue weighted by Crippen LogP contribution is 2.30. The SMILES string of the molecule is C=CCCC(NN)c1sccc1Br. The van der Waals surface area contributed by atoms with E-state index in [-0.39, 0.29) is 6.04 Å². The molecule has 0 aliphatic heterocycles. The molecule has 0 amide bonds. The summed E-state index contributed by atoms with van der Waals surface area (Å²) >= 11 is 5.20. The van der Waals surface area contributed by atoms with Crippen LogP contribution in [0, 0.1) is 0 Å². The highest BCUT2D eigenvalue weighted by atomic mass is 79.9. The molecule has 1 rings (SSSR count). The van der Waals surface area contributed by atoms with Gasteiger partial charge >= 0.3 is 0 Å². The molecule has 0 spiro atoms. The van der Waals surface area contributed by atoms with Crippen molar-refractivity contribution in [3.63, 3.8) is 0 Å². The van der Waals surface area contributed by atoms with Crippen LogP contribution in [0.1, 0.15) is 23.8 Å². The first-order valence-corrected chi connectivity index (χ1v) is 5.76. The largest absolute Gasteiger partial charge is 0.271 e. The van der Waals surface area contributed by atoms with Crippen molar-refractivity contribution in [2.24, 2.45) is 5.84 Å². The van der Waals surface area contributed by atoms with E-state index in [9.17, 15) is 0 Å². The van der Waals surface area contributed by atoms with E-state index in [2.05, 4.69) is 33.3 Å². The molecule has 1 atom stereocenters. The average molecular weight is 261 g/mol. The second-order valence-electron chi connectivity index (χ2n) is 2.72. The van der Waals surface area contributed by atoms with Crippen molar-refractivity contribution in [1.82, 2.24) is 5.43 Å². The van der Waals surface area contributed by atoms with Gasteiger partial charge in [-0.15, -0.1) is 17.9 Å². The molecule has 0 saturated heterocycles. The molecule has 72 valence electrons. The number of thiophene rings is 1. The van der Waals surface area contributed by atoms with Gasteiger partial charge in [-0.05, 0) is 40.2 Å². The fourth-order valence-electron chi connectivity index (χ4n) is 1.13. The number of halogens is 1. The predicted molar refractivity (Wildman–Crippen MR) is 61.5 cm³/mol. The van der Waals surface area contributed by atoms with Gasteiger partial charge in [-0.3, -0.25) is 11.3 Å². The summed E-state index contributed by atoms with van der Waals surface area (Å²) in [6.45, 7) is 3.69. The van der Waals surface area contributed by atoms with Crippen LogP contribution in [0.25, 0.3) is 0 Å². The van der Waals surface area contributed by atoms with Gasteiger partial charge in [0, 0.05) is 9.35 Å². The van der Waals surface area contributed by atoms with Crippen LogP contribution < -0.4 is 11.3 Å². The molecule has 1 unspecified atom stereocenters. The third kappa shape index (κ3) is 2.91. The molecule has 2 nitrogen and oxygen atoms in total. The van der Waals surface area contributed by atoms with E-state index in [1.807, 2.05) is 12.1 Å². The summed E-state index contributed by atoms with van der Waals surface area (Å²) in [6, 6.07) is 2.27. The van der Waals surface area contributed by atoms with Crippen molar-refractivity contribution in [2.75, 3.05) is 0 Å². The van der Waals surface area contributed by atoms with E-state index in [0.29, 0.717) is 0 Å². The molecule has 3 N–H and O–H groups in total. The summed E-state index contributed by atoms with van der Waals surface area (Å²) in [5, 5.41) is 2.05. The fourth-order valence-corrected chi connectivity index (χ4v) is 2.87. The van der Waals surface area contributed by atoms with Gasteiger partial charge in [-0.1, -0.05) is 6.08 Å². The van der Waals surface area contributed by atoms with Crippen LogP contribution in [-0.2, 0) is 0 Å². The Balaban J connectivity index is 2.66. The third-order valence-electron chi connectivity index (χ3n) is 1.82. The summed E-state index contributed by atoms with van der Waals surface area (Å²) in [6.07, 6.45) is 3.87. The molecule has 0 aliphatic carbocycles. The Kier molecular flexibility index (Phi) is 4.66. The second kappa shape index (κ2) is 5.54. The zero-order valence-corrected chi connectivity index (χ0v) is 9.70. The van der Waals surface area contributed by atoms with Gasteiger partial charge in [0.2, 0.25) is 0 Å². The molecule has 0 bridgehead atoms. The molecule has 1 aromatic heterocycles. The molecule has 0 aliphatic rings. The number of hydrogen-bond donors (Lipinski definition) is 2. The van der Waals surface area contributed by atoms with Crippen LogP contribution in [-0.4, -0.2) is 0 Å². The van der Waals surface area contributed by atoms with E-state index in [0.717, 1.165) is 17.3 Å². The lowest BCUT2D eigenvalue weighted by atomic mass is 10.1. The molecule has 4 heteroatoms. The zero-order valence-electron chi connectivity index (χ0n) is 7.29. The van der Waals surface area contributed by atoms with E-state index in [1.165, 1.54) is 4.88 Å². The summed E-state index contributed by atoms with van der Waals surface area (Å²) in [4.78, 5) is 1.25. The number of nitrogens with two attached hydrogens (primary N) is 1. The minimum atomic E-state index is 0.229. The first-order chi connectivity index (χ1) is 6.29. The van der Waals surface area contributed by atoms with Gasteiger partial charge in [-0.25, -0.2) is 0 Å². The molecule has 1 aromatic rings. The lowest BCUT2D eigenvalue weighted by Crippen LogP contribution is -2.27. The van der Waals surface area contributed by atoms with Crippen LogP contribution >= 0.6 is 27.3 Å².